The molecule has 4 nitrogen and oxygen atoms in total. The number of carboxylic acid groups (broad SMARTS) is 1. The number of hydrogen-bond donors (Lipinski definition) is 0. The molecule has 3 aromatic rings. The molecule has 3 aromatic carbocycles. The molecule has 0 aromatic heterocycles. The average molecular weight is 327 g/mol. The summed E-state index contributed by atoms with van der Waals surface area (Å²) in [5, 5.41) is 19.3. The van der Waals surface area contributed by atoms with Crippen molar-refractivity contribution in [3.05, 3.63) is 107 Å². The average Bonchev–Trinajstić information content (AvgIpc) is 2.67. The number of carbonyl (C=O) groups excluding carboxylic acids is 1. The highest BCUT2D eigenvalue weighted by Crippen LogP contribution is 2.11. The van der Waals surface area contributed by atoms with Gasteiger partial charge in [0.2, 0.25) is 0 Å². The minimum absolute atomic E-state index is 0.134. The van der Waals surface area contributed by atoms with E-state index in [9.17, 15) is 9.90 Å². The van der Waals surface area contributed by atoms with E-state index in [1.807, 2.05) is 60.7 Å². The Labute approximate surface area is 145 Å². The van der Waals surface area contributed by atoms with Crippen LogP contribution in [0.25, 0.3) is 0 Å². The molecule has 0 atom stereocenters. The van der Waals surface area contributed by atoms with Crippen LogP contribution in [-0.2, 0) is 0 Å². The lowest BCUT2D eigenvalue weighted by atomic mass is 10.0. The highest BCUT2D eigenvalue weighted by Gasteiger charge is 2.05. The highest BCUT2D eigenvalue weighted by atomic mass is 16.4. The summed E-state index contributed by atoms with van der Waals surface area (Å²) < 4.78 is 0. The quantitative estimate of drug-likeness (QED) is 0.534. The molecule has 0 aliphatic carbocycles. The number of carbonyl (C=O) groups is 1. The monoisotopic (exact) mass is 327 g/mol. The van der Waals surface area contributed by atoms with Gasteiger partial charge >= 0.3 is 0 Å². The molecule has 0 radical (unpaired) electrons. The number of hydrogen-bond acceptors (Lipinski definition) is 4. The van der Waals surface area contributed by atoms with Crippen LogP contribution < -0.4 is 5.11 Å². The van der Waals surface area contributed by atoms with E-state index in [1.165, 1.54) is 12.1 Å². The summed E-state index contributed by atoms with van der Waals surface area (Å²) in [6.45, 7) is 0. The second-order valence-electron chi connectivity index (χ2n) is 5.33. The van der Waals surface area contributed by atoms with E-state index < -0.39 is 5.97 Å². The summed E-state index contributed by atoms with van der Waals surface area (Å²) in [5.74, 6) is -1.20. The van der Waals surface area contributed by atoms with Crippen molar-refractivity contribution >= 4 is 17.9 Å². The normalized spacial score (nSPS) is 10.6. The number of aromatic carboxylic acids is 1. The van der Waals surface area contributed by atoms with Crippen LogP contribution in [0.15, 0.2) is 95.1 Å². The van der Waals surface area contributed by atoms with Gasteiger partial charge in [-0.2, -0.15) is 5.10 Å². The fraction of sp³-hybridized carbons (Fsp3) is 0. The van der Waals surface area contributed by atoms with Crippen LogP contribution in [0.3, 0.4) is 0 Å². The van der Waals surface area contributed by atoms with E-state index in [0.717, 1.165) is 22.4 Å². The van der Waals surface area contributed by atoms with Gasteiger partial charge in [0.1, 0.15) is 5.71 Å². The third-order valence-corrected chi connectivity index (χ3v) is 3.61. The Morgan fingerprint density at radius 2 is 1.24 bits per heavy atom. The minimum Gasteiger partial charge on any atom is -0.545 e. The van der Waals surface area contributed by atoms with Gasteiger partial charge in [-0.3, -0.25) is 0 Å². The Bertz CT molecular complexity index is 858. The van der Waals surface area contributed by atoms with Crippen molar-refractivity contribution in [1.82, 2.24) is 0 Å². The van der Waals surface area contributed by atoms with Crippen LogP contribution in [0.1, 0.15) is 27.0 Å². The van der Waals surface area contributed by atoms with E-state index in [4.69, 9.17) is 0 Å². The van der Waals surface area contributed by atoms with Gasteiger partial charge in [-0.25, -0.2) is 0 Å². The van der Waals surface area contributed by atoms with Gasteiger partial charge in [0.25, 0.3) is 0 Å². The molecule has 0 saturated heterocycles. The van der Waals surface area contributed by atoms with E-state index in [0.29, 0.717) is 0 Å². The van der Waals surface area contributed by atoms with Crippen molar-refractivity contribution in [3.63, 3.8) is 0 Å². The number of rotatable bonds is 5. The summed E-state index contributed by atoms with van der Waals surface area (Å²) in [6.07, 6.45) is 1.59. The summed E-state index contributed by atoms with van der Waals surface area (Å²) >= 11 is 0. The molecule has 0 aliphatic rings. The molecule has 0 fully saturated rings. The third kappa shape index (κ3) is 4.26. The second kappa shape index (κ2) is 7.84. The highest BCUT2D eigenvalue weighted by molar-refractivity contribution is 6.12. The number of benzene rings is 3. The lowest BCUT2D eigenvalue weighted by Gasteiger charge is -2.05. The molecular formula is C21H15N2O2-. The van der Waals surface area contributed by atoms with Crippen molar-refractivity contribution in [2.75, 3.05) is 0 Å². The molecule has 0 aliphatic heterocycles. The first-order chi connectivity index (χ1) is 12.2. The summed E-state index contributed by atoms with van der Waals surface area (Å²) in [6, 6.07) is 25.9. The molecule has 0 heterocycles. The maximum atomic E-state index is 10.8. The van der Waals surface area contributed by atoms with Crippen LogP contribution in [0, 0.1) is 0 Å². The summed E-state index contributed by atoms with van der Waals surface area (Å²) in [7, 11) is 0. The minimum atomic E-state index is -1.20. The van der Waals surface area contributed by atoms with Crippen molar-refractivity contribution in [1.29, 1.82) is 0 Å². The molecule has 25 heavy (non-hydrogen) atoms. The molecule has 0 unspecified atom stereocenters. The van der Waals surface area contributed by atoms with Gasteiger partial charge in [-0.05, 0) is 11.1 Å². The molecule has 0 saturated carbocycles. The lowest BCUT2D eigenvalue weighted by Crippen LogP contribution is -2.21. The van der Waals surface area contributed by atoms with Crippen molar-refractivity contribution in [2.45, 2.75) is 0 Å². The Kier molecular flexibility index (Phi) is 5.12. The first-order valence-corrected chi connectivity index (χ1v) is 7.77. The van der Waals surface area contributed by atoms with Crippen molar-refractivity contribution < 1.29 is 9.90 Å². The lowest BCUT2D eigenvalue weighted by molar-refractivity contribution is -0.255. The van der Waals surface area contributed by atoms with Gasteiger partial charge in [0.15, 0.2) is 0 Å². The maximum absolute atomic E-state index is 10.8. The molecule has 4 heteroatoms. The first kappa shape index (κ1) is 16.3. The zero-order valence-electron chi connectivity index (χ0n) is 13.4. The molecule has 122 valence electrons. The largest absolute Gasteiger partial charge is 0.545 e. The predicted molar refractivity (Wildman–Crippen MR) is 96.9 cm³/mol. The van der Waals surface area contributed by atoms with Crippen LogP contribution in [-0.4, -0.2) is 17.9 Å². The zero-order chi connectivity index (χ0) is 17.5. The summed E-state index contributed by atoms with van der Waals surface area (Å²) in [4.78, 5) is 10.8. The topological polar surface area (TPSA) is 64.8 Å². The Morgan fingerprint density at radius 3 is 1.72 bits per heavy atom. The van der Waals surface area contributed by atoms with Crippen LogP contribution in [0.2, 0.25) is 0 Å². The molecule has 3 rings (SSSR count). The first-order valence-electron chi connectivity index (χ1n) is 7.77. The Balaban J connectivity index is 1.90. The van der Waals surface area contributed by atoms with Gasteiger partial charge in [-0.15, -0.1) is 5.10 Å². The van der Waals surface area contributed by atoms with Crippen LogP contribution in [0.4, 0.5) is 0 Å². The van der Waals surface area contributed by atoms with Gasteiger partial charge in [0.05, 0.1) is 12.2 Å². The predicted octanol–water partition coefficient (Wildman–Crippen LogP) is 2.92. The smallest absolute Gasteiger partial charge is 0.100 e. The third-order valence-electron chi connectivity index (χ3n) is 3.61. The van der Waals surface area contributed by atoms with Gasteiger partial charge in [-0.1, -0.05) is 84.9 Å². The standard InChI is InChI=1S/C21H16N2O2/c24-21(25)19-13-11-16(12-14-19)15-22-23-20(17-7-3-1-4-8-17)18-9-5-2-6-10-18/h1-15H,(H,24,25)/p-1/b22-15-. The van der Waals surface area contributed by atoms with Gasteiger partial charge < -0.3 is 9.90 Å². The second-order valence-corrected chi connectivity index (χ2v) is 5.33. The Morgan fingerprint density at radius 1 is 0.720 bits per heavy atom. The number of carboxylic acids is 1. The van der Waals surface area contributed by atoms with E-state index in [-0.39, 0.29) is 5.56 Å². The van der Waals surface area contributed by atoms with Crippen LogP contribution >= 0.6 is 0 Å². The fourth-order valence-electron chi connectivity index (χ4n) is 2.33. The van der Waals surface area contributed by atoms with Crippen LogP contribution in [0.5, 0.6) is 0 Å². The molecule has 0 N–H and O–H groups in total. The van der Waals surface area contributed by atoms with Crippen molar-refractivity contribution in [2.24, 2.45) is 10.2 Å². The molecule has 0 spiro atoms. The van der Waals surface area contributed by atoms with Gasteiger partial charge in [0, 0.05) is 11.1 Å². The molecule has 0 amide bonds. The molecule has 0 bridgehead atoms. The van der Waals surface area contributed by atoms with E-state index >= 15 is 0 Å². The summed E-state index contributed by atoms with van der Waals surface area (Å²) in [5.41, 5.74) is 3.60. The number of nitrogens with zero attached hydrogens (tertiary/aromatic N) is 2. The van der Waals surface area contributed by atoms with E-state index in [1.54, 1.807) is 18.3 Å². The van der Waals surface area contributed by atoms with E-state index in [2.05, 4.69) is 10.2 Å². The molecular weight excluding hydrogens is 312 g/mol. The van der Waals surface area contributed by atoms with Crippen molar-refractivity contribution in [3.8, 4) is 0 Å². The SMILES string of the molecule is O=C([O-])c1ccc(/C=N\N=C(c2ccccc2)c2ccccc2)cc1. The maximum Gasteiger partial charge on any atom is 0.100 e. The fourth-order valence-corrected chi connectivity index (χ4v) is 2.33. The zero-order valence-corrected chi connectivity index (χ0v) is 13.4. The Hall–Kier alpha value is -3.53.